The van der Waals surface area contributed by atoms with Gasteiger partial charge in [0.1, 0.15) is 23.7 Å². The summed E-state index contributed by atoms with van der Waals surface area (Å²) in [6.07, 6.45) is 1.72. The van der Waals surface area contributed by atoms with Gasteiger partial charge in [0.25, 0.3) is 0 Å². The van der Waals surface area contributed by atoms with Crippen LogP contribution >= 0.6 is 0 Å². The molecule has 3 amide bonds. The van der Waals surface area contributed by atoms with Crippen LogP contribution in [-0.4, -0.2) is 75.4 Å². The number of likely N-dealkylation sites (tertiary alicyclic amines) is 1. The van der Waals surface area contributed by atoms with Crippen LogP contribution < -0.4 is 10.6 Å². The number of carboxylic acids is 1. The lowest BCUT2D eigenvalue weighted by Gasteiger charge is -2.35. The van der Waals surface area contributed by atoms with Gasteiger partial charge in [-0.15, -0.1) is 0 Å². The van der Waals surface area contributed by atoms with E-state index in [-0.39, 0.29) is 25.0 Å². The second kappa shape index (κ2) is 9.71. The number of carbonyl (C=O) groups excluding carboxylic acids is 3. The number of aliphatic hydroxyl groups is 1. The van der Waals surface area contributed by atoms with Crippen molar-refractivity contribution in [3.05, 3.63) is 0 Å². The molecule has 0 radical (unpaired) electrons. The van der Waals surface area contributed by atoms with Crippen LogP contribution in [0, 0.1) is 17.3 Å². The van der Waals surface area contributed by atoms with Gasteiger partial charge < -0.3 is 30.5 Å². The summed E-state index contributed by atoms with van der Waals surface area (Å²) in [6.45, 7) is 9.28. The molecule has 7 atom stereocenters. The number of nitrogens with zero attached hydrogens (tertiary/aromatic N) is 1. The van der Waals surface area contributed by atoms with Gasteiger partial charge in [-0.2, -0.15) is 0 Å². The average Bonchev–Trinajstić information content (AvgIpc) is 3.07. The summed E-state index contributed by atoms with van der Waals surface area (Å²) < 4.78 is 5.53. The van der Waals surface area contributed by atoms with E-state index < -0.39 is 53.0 Å². The van der Waals surface area contributed by atoms with Gasteiger partial charge in [-0.3, -0.25) is 9.59 Å². The predicted molar refractivity (Wildman–Crippen MR) is 123 cm³/mol. The topological polar surface area (TPSA) is 145 Å². The van der Waals surface area contributed by atoms with Gasteiger partial charge in [-0.25, -0.2) is 9.59 Å². The number of hydrogen-bond donors (Lipinski definition) is 4. The third-order valence-corrected chi connectivity index (χ3v) is 7.49. The Morgan fingerprint density at radius 1 is 1.18 bits per heavy atom. The van der Waals surface area contributed by atoms with Gasteiger partial charge in [0, 0.05) is 13.0 Å². The second-order valence-corrected chi connectivity index (χ2v) is 11.4. The minimum Gasteiger partial charge on any atom is -0.479 e. The van der Waals surface area contributed by atoms with Gasteiger partial charge in [0.2, 0.25) is 11.8 Å². The Kier molecular flexibility index (Phi) is 7.50. The molecule has 192 valence electrons. The SMILES string of the molecule is CC[C@@H]1C[C@]1(NC(=O)[C@@H]1C[C@@H](O)CN1C(=O)[C@@H](NC(=O)OC1CC[C@H](C)C1)C(C)(C)C)C(=O)O. The number of carboxylic acid groups (broad SMARTS) is 1. The highest BCUT2D eigenvalue weighted by atomic mass is 16.6. The summed E-state index contributed by atoms with van der Waals surface area (Å²) in [5.41, 5.74) is -2.02. The molecule has 3 fully saturated rings. The molecule has 0 aromatic heterocycles. The first-order chi connectivity index (χ1) is 15.8. The molecule has 1 unspecified atom stereocenters. The maximum Gasteiger partial charge on any atom is 0.408 e. The number of β-amino-alcohol motifs (C(OH)–C–C–N with tert-alkyl or cyclic N) is 1. The van der Waals surface area contributed by atoms with Crippen LogP contribution in [-0.2, 0) is 19.1 Å². The van der Waals surface area contributed by atoms with E-state index in [1.54, 1.807) is 20.8 Å². The van der Waals surface area contributed by atoms with Gasteiger partial charge in [-0.05, 0) is 42.9 Å². The summed E-state index contributed by atoms with van der Waals surface area (Å²) in [5, 5.41) is 25.2. The molecule has 0 aromatic carbocycles. The van der Waals surface area contributed by atoms with Crippen molar-refractivity contribution >= 4 is 23.9 Å². The van der Waals surface area contributed by atoms with Crippen LogP contribution in [0.1, 0.15) is 73.1 Å². The van der Waals surface area contributed by atoms with Crippen molar-refractivity contribution < 1.29 is 34.1 Å². The van der Waals surface area contributed by atoms with Crippen molar-refractivity contribution in [2.24, 2.45) is 17.3 Å². The van der Waals surface area contributed by atoms with Crippen LogP contribution in [0.25, 0.3) is 0 Å². The minimum absolute atomic E-state index is 0.00529. The highest BCUT2D eigenvalue weighted by Gasteiger charge is 2.61. The third-order valence-electron chi connectivity index (χ3n) is 7.49. The smallest absolute Gasteiger partial charge is 0.408 e. The standard InChI is InChI=1S/C24H39N3O7/c1-6-14-11-24(14,21(31)32)26-19(29)17-10-15(28)12-27(17)20(30)18(23(3,4)5)25-22(33)34-16-8-7-13(2)9-16/h13-18,28H,6-12H2,1-5H3,(H,25,33)(H,26,29)(H,31,32)/t13-,14+,15+,16?,17-,18+,24+/m0/s1. The lowest BCUT2D eigenvalue weighted by molar-refractivity contribution is -0.146. The molecule has 10 heteroatoms. The average molecular weight is 482 g/mol. The molecular weight excluding hydrogens is 442 g/mol. The first-order valence-electron chi connectivity index (χ1n) is 12.3. The predicted octanol–water partition coefficient (Wildman–Crippen LogP) is 1.65. The summed E-state index contributed by atoms with van der Waals surface area (Å²) in [6, 6.07) is -2.01. The van der Waals surface area contributed by atoms with Crippen molar-refractivity contribution in [3.8, 4) is 0 Å². The van der Waals surface area contributed by atoms with Gasteiger partial charge in [0.05, 0.1) is 6.10 Å². The Balaban J connectivity index is 1.72. The minimum atomic E-state index is -1.32. The highest BCUT2D eigenvalue weighted by molar-refractivity contribution is 5.96. The van der Waals surface area contributed by atoms with Crippen molar-refractivity contribution in [1.82, 2.24) is 15.5 Å². The molecule has 0 aromatic rings. The molecular formula is C24H39N3O7. The number of alkyl carbamates (subject to hydrolysis) is 1. The molecule has 1 saturated heterocycles. The molecule has 10 nitrogen and oxygen atoms in total. The van der Waals surface area contributed by atoms with Crippen LogP contribution in [0.4, 0.5) is 4.79 Å². The second-order valence-electron chi connectivity index (χ2n) is 11.4. The van der Waals surface area contributed by atoms with E-state index in [1.165, 1.54) is 4.90 Å². The number of nitrogens with one attached hydrogen (secondary N) is 2. The molecule has 0 spiro atoms. The zero-order valence-electron chi connectivity index (χ0n) is 20.8. The van der Waals surface area contributed by atoms with E-state index in [2.05, 4.69) is 17.6 Å². The van der Waals surface area contributed by atoms with Crippen molar-refractivity contribution in [1.29, 1.82) is 0 Å². The molecule has 34 heavy (non-hydrogen) atoms. The summed E-state index contributed by atoms with van der Waals surface area (Å²) >= 11 is 0. The number of aliphatic hydroxyl groups excluding tert-OH is 1. The number of hydrogen-bond acceptors (Lipinski definition) is 6. The Bertz CT molecular complexity index is 826. The highest BCUT2D eigenvalue weighted by Crippen LogP contribution is 2.46. The first kappa shape index (κ1) is 26.2. The Morgan fingerprint density at radius 2 is 1.85 bits per heavy atom. The molecule has 3 aliphatic rings. The normalized spacial score (nSPS) is 33.8. The maximum atomic E-state index is 13.6. The van der Waals surface area contributed by atoms with Crippen LogP contribution in [0.15, 0.2) is 0 Å². The van der Waals surface area contributed by atoms with Crippen LogP contribution in [0.5, 0.6) is 0 Å². The molecule has 3 rings (SSSR count). The van der Waals surface area contributed by atoms with E-state index >= 15 is 0 Å². The lowest BCUT2D eigenvalue weighted by Crippen LogP contribution is -2.59. The molecule has 1 heterocycles. The number of amides is 3. The number of carbonyl (C=O) groups is 4. The van der Waals surface area contributed by atoms with E-state index in [1.807, 2.05) is 6.92 Å². The van der Waals surface area contributed by atoms with Gasteiger partial charge in [0.15, 0.2) is 0 Å². The Hall–Kier alpha value is -2.36. The number of ether oxygens (including phenoxy) is 1. The van der Waals surface area contributed by atoms with E-state index in [0.29, 0.717) is 18.8 Å². The summed E-state index contributed by atoms with van der Waals surface area (Å²) in [7, 11) is 0. The Morgan fingerprint density at radius 3 is 2.35 bits per heavy atom. The fraction of sp³-hybridized carbons (Fsp3) is 0.833. The summed E-state index contributed by atoms with van der Waals surface area (Å²) in [4.78, 5) is 52.3. The van der Waals surface area contributed by atoms with Crippen molar-refractivity contribution in [2.45, 2.75) is 103 Å². The van der Waals surface area contributed by atoms with Gasteiger partial charge in [-0.1, -0.05) is 41.0 Å². The maximum absolute atomic E-state index is 13.6. The van der Waals surface area contributed by atoms with Gasteiger partial charge >= 0.3 is 12.1 Å². The number of aliphatic carboxylic acids is 1. The van der Waals surface area contributed by atoms with Crippen molar-refractivity contribution in [3.63, 3.8) is 0 Å². The first-order valence-corrected chi connectivity index (χ1v) is 12.3. The molecule has 2 aliphatic carbocycles. The number of rotatable bonds is 7. The summed E-state index contributed by atoms with van der Waals surface area (Å²) in [5.74, 6) is -1.88. The van der Waals surface area contributed by atoms with Crippen LogP contribution in [0.3, 0.4) is 0 Å². The Labute approximate surface area is 200 Å². The van der Waals surface area contributed by atoms with E-state index in [0.717, 1.165) is 19.3 Å². The van der Waals surface area contributed by atoms with Crippen molar-refractivity contribution in [2.75, 3.05) is 6.54 Å². The molecule has 1 aliphatic heterocycles. The fourth-order valence-corrected chi connectivity index (χ4v) is 5.28. The molecule has 4 N–H and O–H groups in total. The van der Waals surface area contributed by atoms with E-state index in [4.69, 9.17) is 4.74 Å². The monoisotopic (exact) mass is 481 g/mol. The van der Waals surface area contributed by atoms with E-state index in [9.17, 15) is 29.4 Å². The lowest BCUT2D eigenvalue weighted by atomic mass is 9.85. The molecule has 2 saturated carbocycles. The molecule has 0 bridgehead atoms. The largest absolute Gasteiger partial charge is 0.479 e. The zero-order chi connectivity index (χ0) is 25.4. The third kappa shape index (κ3) is 5.47. The zero-order valence-corrected chi connectivity index (χ0v) is 20.8. The fourth-order valence-electron chi connectivity index (χ4n) is 5.28. The van der Waals surface area contributed by atoms with Crippen LogP contribution in [0.2, 0.25) is 0 Å². The quantitative estimate of drug-likeness (QED) is 0.432.